The average Bonchev–Trinajstić information content (AvgIpc) is 2.38. The zero-order valence-corrected chi connectivity index (χ0v) is 11.9. The van der Waals surface area contributed by atoms with Gasteiger partial charge in [-0.25, -0.2) is 4.79 Å². The fourth-order valence-electron chi connectivity index (χ4n) is 2.02. The summed E-state index contributed by atoms with van der Waals surface area (Å²) >= 11 is 0. The van der Waals surface area contributed by atoms with Gasteiger partial charge < -0.3 is 26.6 Å². The molecular weight excluding hydrogens is 260 g/mol. The summed E-state index contributed by atoms with van der Waals surface area (Å²) in [5, 5.41) is 12.6. The molecule has 0 aliphatic rings. The molecule has 0 fully saturated rings. The van der Waals surface area contributed by atoms with Gasteiger partial charge in [0.05, 0.1) is 12.8 Å². The third-order valence-electron chi connectivity index (χ3n) is 2.84. The molecule has 110 valence electrons. The number of guanidine groups is 1. The number of rotatable bonds is 4. The Kier molecular flexibility index (Phi) is 5.19. The topological polar surface area (TPSA) is 123 Å². The molecule has 0 saturated heterocycles. The second-order valence-electron chi connectivity index (χ2n) is 4.12. The van der Waals surface area contributed by atoms with Crippen molar-refractivity contribution in [3.63, 3.8) is 0 Å². The van der Waals surface area contributed by atoms with E-state index in [2.05, 4.69) is 10.3 Å². The summed E-state index contributed by atoms with van der Waals surface area (Å²) in [4.78, 5) is 15.1. The molecule has 0 saturated carbocycles. The molecule has 0 radical (unpaired) electrons. The molecule has 0 unspecified atom stereocenters. The standard InChI is InChI=1S/C13H20N4O3/c1-4-7-6-9(18)11(20-3)8(5-2)10(7)16-13(19)17-12(14)15/h6,18H,4-5H2,1-3H3,(H5,14,15,16,17,19). The van der Waals surface area contributed by atoms with Crippen molar-refractivity contribution < 1.29 is 14.6 Å². The molecule has 7 nitrogen and oxygen atoms in total. The summed E-state index contributed by atoms with van der Waals surface area (Å²) < 4.78 is 5.18. The lowest BCUT2D eigenvalue weighted by atomic mass is 10.0. The number of nitrogens with two attached hydrogens (primary N) is 2. The molecule has 20 heavy (non-hydrogen) atoms. The lowest BCUT2D eigenvalue weighted by molar-refractivity contribution is 0.259. The Hall–Kier alpha value is -2.44. The molecule has 0 heterocycles. The highest BCUT2D eigenvalue weighted by atomic mass is 16.5. The van der Waals surface area contributed by atoms with Gasteiger partial charge in [0, 0.05) is 5.56 Å². The summed E-state index contributed by atoms with van der Waals surface area (Å²) in [5.74, 6) is 0.0649. The van der Waals surface area contributed by atoms with Crippen molar-refractivity contribution in [3.8, 4) is 11.5 Å². The maximum Gasteiger partial charge on any atom is 0.348 e. The maximum absolute atomic E-state index is 11.7. The normalized spacial score (nSPS) is 9.95. The Balaban J connectivity index is 3.35. The number of aliphatic imine (C=N–C) groups is 1. The lowest BCUT2D eigenvalue weighted by Crippen LogP contribution is -2.26. The number of nitrogens with zero attached hydrogens (tertiary/aromatic N) is 1. The van der Waals surface area contributed by atoms with Crippen LogP contribution < -0.4 is 21.5 Å². The molecule has 0 aliphatic heterocycles. The molecule has 0 atom stereocenters. The fourth-order valence-corrected chi connectivity index (χ4v) is 2.02. The molecule has 1 aromatic carbocycles. The molecule has 0 aliphatic carbocycles. The Morgan fingerprint density at radius 1 is 1.40 bits per heavy atom. The summed E-state index contributed by atoms with van der Waals surface area (Å²) in [5.41, 5.74) is 12.4. The van der Waals surface area contributed by atoms with E-state index in [0.717, 1.165) is 5.56 Å². The highest BCUT2D eigenvalue weighted by Gasteiger charge is 2.18. The first-order valence-corrected chi connectivity index (χ1v) is 6.26. The van der Waals surface area contributed by atoms with Crippen LogP contribution in [0, 0.1) is 0 Å². The Morgan fingerprint density at radius 2 is 2.05 bits per heavy atom. The molecule has 1 aromatic rings. The number of aromatic hydroxyl groups is 1. The lowest BCUT2D eigenvalue weighted by Gasteiger charge is -2.18. The van der Waals surface area contributed by atoms with E-state index in [1.54, 1.807) is 6.07 Å². The smallest absolute Gasteiger partial charge is 0.348 e. The number of phenolic OH excluding ortho intramolecular Hbond substituents is 1. The van der Waals surface area contributed by atoms with Crippen LogP contribution >= 0.6 is 0 Å². The van der Waals surface area contributed by atoms with E-state index in [0.29, 0.717) is 29.8 Å². The molecule has 6 N–H and O–H groups in total. The van der Waals surface area contributed by atoms with E-state index in [4.69, 9.17) is 16.2 Å². The highest BCUT2D eigenvalue weighted by Crippen LogP contribution is 2.39. The van der Waals surface area contributed by atoms with E-state index in [1.807, 2.05) is 13.8 Å². The number of urea groups is 1. The second-order valence-corrected chi connectivity index (χ2v) is 4.12. The maximum atomic E-state index is 11.7. The zero-order valence-electron chi connectivity index (χ0n) is 11.9. The molecule has 1 rings (SSSR count). The Bertz CT molecular complexity index is 537. The highest BCUT2D eigenvalue weighted by molar-refractivity contribution is 5.99. The second kappa shape index (κ2) is 6.65. The van der Waals surface area contributed by atoms with E-state index < -0.39 is 6.03 Å². The quantitative estimate of drug-likeness (QED) is 0.376. The van der Waals surface area contributed by atoms with Crippen molar-refractivity contribution in [2.75, 3.05) is 12.4 Å². The van der Waals surface area contributed by atoms with Gasteiger partial charge in [-0.2, -0.15) is 4.99 Å². The summed E-state index contributed by atoms with van der Waals surface area (Å²) in [6.07, 6.45) is 1.20. The van der Waals surface area contributed by atoms with Crippen LogP contribution in [0.5, 0.6) is 11.5 Å². The van der Waals surface area contributed by atoms with Gasteiger partial charge in [-0.05, 0) is 24.5 Å². The van der Waals surface area contributed by atoms with Crippen molar-refractivity contribution in [2.45, 2.75) is 26.7 Å². The third kappa shape index (κ3) is 3.31. The first kappa shape index (κ1) is 15.6. The van der Waals surface area contributed by atoms with Crippen LogP contribution in [0.1, 0.15) is 25.0 Å². The van der Waals surface area contributed by atoms with Gasteiger partial charge in [0.25, 0.3) is 0 Å². The molecule has 0 spiro atoms. The van der Waals surface area contributed by atoms with Crippen molar-refractivity contribution in [3.05, 3.63) is 17.2 Å². The molecular formula is C13H20N4O3. The van der Waals surface area contributed by atoms with E-state index >= 15 is 0 Å². The number of hydrogen-bond donors (Lipinski definition) is 4. The number of hydrogen-bond acceptors (Lipinski definition) is 3. The third-order valence-corrected chi connectivity index (χ3v) is 2.84. The van der Waals surface area contributed by atoms with Crippen molar-refractivity contribution in [1.29, 1.82) is 0 Å². The van der Waals surface area contributed by atoms with Crippen LogP contribution in [0.2, 0.25) is 0 Å². The predicted molar refractivity (Wildman–Crippen MR) is 78.2 cm³/mol. The largest absolute Gasteiger partial charge is 0.504 e. The van der Waals surface area contributed by atoms with Crippen LogP contribution in [0.3, 0.4) is 0 Å². The first-order valence-electron chi connectivity index (χ1n) is 6.26. The molecule has 7 heteroatoms. The van der Waals surface area contributed by atoms with Crippen LogP contribution in [-0.4, -0.2) is 24.2 Å². The summed E-state index contributed by atoms with van der Waals surface area (Å²) in [6.45, 7) is 3.81. The first-order chi connectivity index (χ1) is 9.44. The number of carbonyl (C=O) groups is 1. The monoisotopic (exact) mass is 280 g/mol. The number of methoxy groups -OCH3 is 1. The van der Waals surface area contributed by atoms with Gasteiger partial charge in [-0.3, -0.25) is 0 Å². The van der Waals surface area contributed by atoms with Gasteiger partial charge in [0.2, 0.25) is 0 Å². The number of amides is 2. The van der Waals surface area contributed by atoms with Gasteiger partial charge >= 0.3 is 6.03 Å². The minimum absolute atomic E-state index is 0.0426. The molecule has 0 aromatic heterocycles. The van der Waals surface area contributed by atoms with Crippen LogP contribution in [0.4, 0.5) is 10.5 Å². The number of nitrogens with one attached hydrogen (secondary N) is 1. The fraction of sp³-hybridized carbons (Fsp3) is 0.385. The number of ether oxygens (including phenoxy) is 1. The van der Waals surface area contributed by atoms with Crippen molar-refractivity contribution in [2.24, 2.45) is 16.5 Å². The van der Waals surface area contributed by atoms with E-state index in [-0.39, 0.29) is 11.7 Å². The molecule has 2 amide bonds. The number of benzene rings is 1. The van der Waals surface area contributed by atoms with Gasteiger partial charge in [-0.1, -0.05) is 13.8 Å². The number of anilines is 1. The van der Waals surface area contributed by atoms with Gasteiger partial charge in [-0.15, -0.1) is 0 Å². The summed E-state index contributed by atoms with van der Waals surface area (Å²) in [6, 6.07) is 0.894. The number of phenols is 1. The predicted octanol–water partition coefficient (Wildman–Crippen LogP) is 1.33. The minimum atomic E-state index is -0.665. The molecule has 0 bridgehead atoms. The SMILES string of the molecule is CCc1cc(O)c(OC)c(CC)c1NC(=O)N=C(N)N. The van der Waals surface area contributed by atoms with Gasteiger partial charge in [0.1, 0.15) is 0 Å². The van der Waals surface area contributed by atoms with Crippen molar-refractivity contribution >= 4 is 17.7 Å². The summed E-state index contributed by atoms with van der Waals surface area (Å²) in [7, 11) is 1.46. The number of carbonyl (C=O) groups excluding carboxylic acids is 1. The van der Waals surface area contributed by atoms with Crippen LogP contribution in [0.25, 0.3) is 0 Å². The van der Waals surface area contributed by atoms with E-state index in [9.17, 15) is 9.90 Å². The van der Waals surface area contributed by atoms with Crippen molar-refractivity contribution in [1.82, 2.24) is 0 Å². The van der Waals surface area contributed by atoms with Crippen LogP contribution in [0.15, 0.2) is 11.1 Å². The minimum Gasteiger partial charge on any atom is -0.504 e. The number of aryl methyl sites for hydroxylation is 1. The average molecular weight is 280 g/mol. The zero-order chi connectivity index (χ0) is 15.3. The Labute approximate surface area is 117 Å². The Morgan fingerprint density at radius 3 is 2.50 bits per heavy atom. The van der Waals surface area contributed by atoms with Crippen LogP contribution in [-0.2, 0) is 12.8 Å². The van der Waals surface area contributed by atoms with Gasteiger partial charge in [0.15, 0.2) is 17.5 Å². The van der Waals surface area contributed by atoms with E-state index in [1.165, 1.54) is 7.11 Å².